The van der Waals surface area contributed by atoms with Crippen LogP contribution in [-0.4, -0.2) is 31.3 Å². The number of benzene rings is 1. The zero-order valence-corrected chi connectivity index (χ0v) is 15.6. The smallest absolute Gasteiger partial charge is 0.344 e. The third-order valence-electron chi connectivity index (χ3n) is 4.78. The molecule has 0 bridgehead atoms. The Labute approximate surface area is 153 Å². The van der Waals surface area contributed by atoms with Gasteiger partial charge in [-0.05, 0) is 42.7 Å². The fraction of sp³-hybridized carbons (Fsp3) is 0.600. The number of carbonyl (C=O) groups is 2. The van der Waals surface area contributed by atoms with E-state index in [0.717, 1.165) is 19.3 Å². The number of hydrogen-bond donors (Lipinski definition) is 0. The molecule has 3 unspecified atom stereocenters. The number of hydrogen-bond acceptors (Lipinski definition) is 5. The van der Waals surface area contributed by atoms with Gasteiger partial charge in [0.25, 0.3) is 0 Å². The molecular weight excluding hydrogens is 339 g/mol. The van der Waals surface area contributed by atoms with Gasteiger partial charge in [-0.3, -0.25) is 0 Å². The van der Waals surface area contributed by atoms with Gasteiger partial charge in [-0.1, -0.05) is 39.3 Å². The van der Waals surface area contributed by atoms with Gasteiger partial charge in [0, 0.05) is 0 Å². The maximum Gasteiger partial charge on any atom is 0.344 e. The molecule has 1 aromatic carbocycles. The number of esters is 2. The van der Waals surface area contributed by atoms with E-state index in [-0.39, 0.29) is 11.9 Å². The third-order valence-corrected chi connectivity index (χ3v) is 4.78. The molecule has 0 aliphatic heterocycles. The zero-order valence-electron chi connectivity index (χ0n) is 15.6. The molecule has 0 amide bonds. The molecule has 2 rings (SSSR count). The molecule has 6 heteroatoms. The van der Waals surface area contributed by atoms with Crippen LogP contribution in [0.1, 0.15) is 40.0 Å². The molecule has 1 aromatic rings. The average molecular weight is 366 g/mol. The monoisotopic (exact) mass is 366 g/mol. The van der Waals surface area contributed by atoms with Crippen molar-refractivity contribution in [3.8, 4) is 5.75 Å². The molecule has 26 heavy (non-hydrogen) atoms. The largest absolute Gasteiger partial charge is 0.479 e. The zero-order chi connectivity index (χ0) is 19.1. The third kappa shape index (κ3) is 6.00. The Morgan fingerprint density at radius 2 is 1.88 bits per heavy atom. The molecule has 1 aliphatic carbocycles. The number of carbonyl (C=O) groups excluding carboxylic acids is 2. The van der Waals surface area contributed by atoms with E-state index in [1.54, 1.807) is 6.07 Å². The van der Waals surface area contributed by atoms with Gasteiger partial charge >= 0.3 is 11.9 Å². The van der Waals surface area contributed by atoms with Crippen LogP contribution in [0.25, 0.3) is 0 Å². The Morgan fingerprint density at radius 1 is 1.15 bits per heavy atom. The topological polar surface area (TPSA) is 61.8 Å². The van der Waals surface area contributed by atoms with Crippen molar-refractivity contribution in [3.05, 3.63) is 30.1 Å². The number of halogens is 1. The first-order valence-corrected chi connectivity index (χ1v) is 9.09. The summed E-state index contributed by atoms with van der Waals surface area (Å²) in [5.41, 5.74) is 0. The highest BCUT2D eigenvalue weighted by molar-refractivity contribution is 5.77. The van der Waals surface area contributed by atoms with Crippen LogP contribution in [0.3, 0.4) is 0 Å². The molecule has 1 aliphatic rings. The predicted octanol–water partition coefficient (Wildman–Crippen LogP) is 3.75. The number of rotatable bonds is 7. The molecule has 0 radical (unpaired) electrons. The molecule has 0 aromatic heterocycles. The second-order valence-corrected chi connectivity index (χ2v) is 7.23. The van der Waals surface area contributed by atoms with Gasteiger partial charge in [-0.2, -0.15) is 0 Å². The summed E-state index contributed by atoms with van der Waals surface area (Å²) in [6.45, 7) is 5.47. The lowest BCUT2D eigenvalue weighted by atomic mass is 9.75. The van der Waals surface area contributed by atoms with E-state index in [0.29, 0.717) is 17.8 Å². The van der Waals surface area contributed by atoms with Gasteiger partial charge in [-0.15, -0.1) is 0 Å². The SMILES string of the molecule is CC1CCC(C(C)C)C(OC(=O)COC(=O)COc2ccccc2F)C1. The van der Waals surface area contributed by atoms with E-state index in [1.807, 2.05) is 0 Å². The molecule has 0 saturated heterocycles. The van der Waals surface area contributed by atoms with Crippen LogP contribution < -0.4 is 4.74 Å². The van der Waals surface area contributed by atoms with Gasteiger partial charge in [0.2, 0.25) is 0 Å². The summed E-state index contributed by atoms with van der Waals surface area (Å²) >= 11 is 0. The lowest BCUT2D eigenvalue weighted by Crippen LogP contribution is -2.37. The normalized spacial score (nSPS) is 22.7. The summed E-state index contributed by atoms with van der Waals surface area (Å²) in [6.07, 6.45) is 2.87. The van der Waals surface area contributed by atoms with Gasteiger partial charge in [0.15, 0.2) is 24.8 Å². The summed E-state index contributed by atoms with van der Waals surface area (Å²) in [5.74, 6) is -0.641. The van der Waals surface area contributed by atoms with E-state index in [1.165, 1.54) is 18.2 Å². The predicted molar refractivity (Wildman–Crippen MR) is 94.1 cm³/mol. The van der Waals surface area contributed by atoms with Crippen LogP contribution in [-0.2, 0) is 19.1 Å². The molecule has 1 saturated carbocycles. The van der Waals surface area contributed by atoms with Crippen LogP contribution in [0.4, 0.5) is 4.39 Å². The highest BCUT2D eigenvalue weighted by Crippen LogP contribution is 2.35. The molecule has 5 nitrogen and oxygen atoms in total. The quantitative estimate of drug-likeness (QED) is 0.688. The number of ether oxygens (including phenoxy) is 3. The van der Waals surface area contributed by atoms with Gasteiger partial charge in [-0.25, -0.2) is 14.0 Å². The Bertz CT molecular complexity index is 616. The van der Waals surface area contributed by atoms with Crippen LogP contribution in [0, 0.1) is 23.6 Å². The van der Waals surface area contributed by atoms with Crippen LogP contribution in [0.5, 0.6) is 5.75 Å². The lowest BCUT2D eigenvalue weighted by Gasteiger charge is -2.36. The van der Waals surface area contributed by atoms with Crippen molar-refractivity contribution in [1.82, 2.24) is 0 Å². The molecule has 1 fully saturated rings. The Balaban J connectivity index is 1.75. The summed E-state index contributed by atoms with van der Waals surface area (Å²) in [7, 11) is 0. The van der Waals surface area contributed by atoms with Crippen molar-refractivity contribution < 1.29 is 28.2 Å². The lowest BCUT2D eigenvalue weighted by molar-refractivity contribution is -0.167. The summed E-state index contributed by atoms with van der Waals surface area (Å²) < 4.78 is 28.9. The van der Waals surface area contributed by atoms with Crippen LogP contribution in [0.15, 0.2) is 24.3 Å². The molecule has 0 spiro atoms. The van der Waals surface area contributed by atoms with Crippen molar-refractivity contribution in [2.75, 3.05) is 13.2 Å². The number of para-hydroxylation sites is 1. The van der Waals surface area contributed by atoms with E-state index in [4.69, 9.17) is 14.2 Å². The average Bonchev–Trinajstić information content (AvgIpc) is 2.59. The summed E-state index contributed by atoms with van der Waals surface area (Å²) in [5, 5.41) is 0. The van der Waals surface area contributed by atoms with Gasteiger partial charge in [0.1, 0.15) is 6.10 Å². The summed E-state index contributed by atoms with van der Waals surface area (Å²) in [4.78, 5) is 23.7. The maximum absolute atomic E-state index is 13.4. The Kier molecular flexibility index (Phi) is 7.42. The highest BCUT2D eigenvalue weighted by atomic mass is 19.1. The van der Waals surface area contributed by atoms with E-state index in [2.05, 4.69) is 20.8 Å². The first kappa shape index (κ1) is 20.2. The molecular formula is C20H27FO5. The maximum atomic E-state index is 13.4. The molecule has 3 atom stereocenters. The van der Waals surface area contributed by atoms with Crippen LogP contribution >= 0.6 is 0 Å². The van der Waals surface area contributed by atoms with Crippen molar-refractivity contribution in [1.29, 1.82) is 0 Å². The van der Waals surface area contributed by atoms with Crippen molar-refractivity contribution in [3.63, 3.8) is 0 Å². The molecule has 0 N–H and O–H groups in total. The highest BCUT2D eigenvalue weighted by Gasteiger charge is 2.33. The van der Waals surface area contributed by atoms with Gasteiger partial charge < -0.3 is 14.2 Å². The van der Waals surface area contributed by atoms with Crippen molar-refractivity contribution in [2.24, 2.45) is 17.8 Å². The van der Waals surface area contributed by atoms with E-state index in [9.17, 15) is 14.0 Å². The second-order valence-electron chi connectivity index (χ2n) is 7.23. The minimum atomic E-state index is -0.748. The first-order chi connectivity index (χ1) is 12.4. The fourth-order valence-electron chi connectivity index (χ4n) is 3.33. The molecule has 0 heterocycles. The van der Waals surface area contributed by atoms with E-state index >= 15 is 0 Å². The first-order valence-electron chi connectivity index (χ1n) is 9.09. The minimum absolute atomic E-state index is 0.0389. The standard InChI is InChI=1S/C20H27FO5/c1-13(2)15-9-8-14(3)10-18(15)26-20(23)12-25-19(22)11-24-17-7-5-4-6-16(17)21/h4-7,13-15,18H,8-12H2,1-3H3. The minimum Gasteiger partial charge on any atom is -0.479 e. The van der Waals surface area contributed by atoms with Crippen LogP contribution in [0.2, 0.25) is 0 Å². The van der Waals surface area contributed by atoms with Crippen molar-refractivity contribution >= 4 is 11.9 Å². The fourth-order valence-corrected chi connectivity index (χ4v) is 3.33. The Morgan fingerprint density at radius 3 is 2.58 bits per heavy atom. The Hall–Kier alpha value is -2.11. The van der Waals surface area contributed by atoms with E-state index < -0.39 is 31.0 Å². The second kappa shape index (κ2) is 9.55. The summed E-state index contributed by atoms with van der Waals surface area (Å²) in [6, 6.07) is 5.76. The van der Waals surface area contributed by atoms with Crippen molar-refractivity contribution in [2.45, 2.75) is 46.1 Å². The molecule has 144 valence electrons. The van der Waals surface area contributed by atoms with Gasteiger partial charge in [0.05, 0.1) is 0 Å².